The largest absolute Gasteiger partial charge is 0.254 e. The van der Waals surface area contributed by atoms with Crippen LogP contribution >= 0.6 is 11.6 Å². The van der Waals surface area contributed by atoms with Gasteiger partial charge in [-0.1, -0.05) is 54.1 Å². The Bertz CT molecular complexity index is 750. The number of hydrogen-bond donors (Lipinski definition) is 0. The highest BCUT2D eigenvalue weighted by molar-refractivity contribution is 6.30. The topological polar surface area (TPSA) is 25.2 Å². The van der Waals surface area contributed by atoms with Crippen molar-refractivity contribution in [3.8, 4) is 11.3 Å². The molecule has 0 aliphatic rings. The number of hydrogen-bond acceptors (Lipinski definition) is 2. The van der Waals surface area contributed by atoms with Crippen LogP contribution in [-0.4, -0.2) is 11.2 Å². The van der Waals surface area contributed by atoms with Gasteiger partial charge in [0.15, 0.2) is 0 Å². The second kappa shape index (κ2) is 6.33. The van der Waals surface area contributed by atoms with Crippen molar-refractivity contribution in [3.05, 3.63) is 83.5 Å². The van der Waals surface area contributed by atoms with E-state index in [0.29, 0.717) is 5.02 Å². The summed E-state index contributed by atoms with van der Waals surface area (Å²) in [5, 5.41) is 0.712. The summed E-state index contributed by atoms with van der Waals surface area (Å²) < 4.78 is 0. The molecule has 0 aliphatic heterocycles. The summed E-state index contributed by atoms with van der Waals surface area (Å²) in [4.78, 5) is 8.99. The molecule has 2 nitrogen and oxygen atoms in total. The molecule has 1 heterocycles. The number of rotatable bonds is 3. The van der Waals surface area contributed by atoms with Crippen LogP contribution < -0.4 is 0 Å². The van der Waals surface area contributed by atoms with E-state index in [1.54, 1.807) is 6.20 Å². The molecule has 0 amide bonds. The maximum Gasteiger partial charge on any atom is 0.0958 e. The lowest BCUT2D eigenvalue weighted by atomic mass is 10.1. The van der Waals surface area contributed by atoms with Gasteiger partial charge in [0.25, 0.3) is 0 Å². The van der Waals surface area contributed by atoms with E-state index >= 15 is 0 Å². The maximum atomic E-state index is 5.93. The smallest absolute Gasteiger partial charge is 0.0958 e. The van der Waals surface area contributed by atoms with Crippen molar-refractivity contribution in [2.75, 3.05) is 0 Å². The van der Waals surface area contributed by atoms with E-state index in [9.17, 15) is 0 Å². The average Bonchev–Trinajstić information content (AvgIpc) is 2.55. The van der Waals surface area contributed by atoms with Crippen LogP contribution in [0.15, 0.2) is 77.9 Å². The van der Waals surface area contributed by atoms with Crippen LogP contribution in [0.4, 0.5) is 5.69 Å². The van der Waals surface area contributed by atoms with Crippen molar-refractivity contribution in [1.82, 2.24) is 4.98 Å². The molecule has 0 spiro atoms. The summed E-state index contributed by atoms with van der Waals surface area (Å²) in [6.45, 7) is 0. The second-order valence-corrected chi connectivity index (χ2v) is 4.98. The van der Waals surface area contributed by atoms with Crippen molar-refractivity contribution in [3.63, 3.8) is 0 Å². The minimum absolute atomic E-state index is 0.712. The third-order valence-corrected chi connectivity index (χ3v) is 3.31. The molecular formula is C18H13ClN2. The molecule has 0 saturated heterocycles. The Labute approximate surface area is 128 Å². The van der Waals surface area contributed by atoms with Crippen LogP contribution in [0.25, 0.3) is 11.3 Å². The zero-order valence-corrected chi connectivity index (χ0v) is 12.0. The molecular weight excluding hydrogens is 280 g/mol. The number of nitrogens with zero attached hydrogens (tertiary/aromatic N) is 2. The molecule has 0 saturated carbocycles. The molecule has 0 fully saturated rings. The molecule has 3 rings (SSSR count). The van der Waals surface area contributed by atoms with Gasteiger partial charge in [0.1, 0.15) is 0 Å². The minimum atomic E-state index is 0.712. The zero-order chi connectivity index (χ0) is 14.5. The van der Waals surface area contributed by atoms with E-state index in [0.717, 1.165) is 22.5 Å². The van der Waals surface area contributed by atoms with Gasteiger partial charge in [-0.3, -0.25) is 9.98 Å². The fourth-order valence-corrected chi connectivity index (χ4v) is 2.14. The first-order chi connectivity index (χ1) is 10.3. The lowest BCUT2D eigenvalue weighted by molar-refractivity contribution is 1.31. The number of benzene rings is 2. The van der Waals surface area contributed by atoms with Gasteiger partial charge in [-0.2, -0.15) is 0 Å². The Kier molecular flexibility index (Phi) is 4.08. The van der Waals surface area contributed by atoms with E-state index in [1.165, 1.54) is 0 Å². The summed E-state index contributed by atoms with van der Waals surface area (Å²) >= 11 is 5.93. The maximum absolute atomic E-state index is 5.93. The summed E-state index contributed by atoms with van der Waals surface area (Å²) in [5.74, 6) is 0. The molecule has 0 bridgehead atoms. The Hall–Kier alpha value is -2.45. The highest BCUT2D eigenvalue weighted by atomic mass is 35.5. The second-order valence-electron chi connectivity index (χ2n) is 4.55. The van der Waals surface area contributed by atoms with Gasteiger partial charge in [-0.05, 0) is 29.8 Å². The van der Waals surface area contributed by atoms with Gasteiger partial charge in [0, 0.05) is 23.0 Å². The summed E-state index contributed by atoms with van der Waals surface area (Å²) in [5.41, 5.74) is 3.74. The van der Waals surface area contributed by atoms with Crippen molar-refractivity contribution < 1.29 is 0 Å². The molecule has 0 aliphatic carbocycles. The van der Waals surface area contributed by atoms with Gasteiger partial charge in [0.05, 0.1) is 11.4 Å². The highest BCUT2D eigenvalue weighted by Gasteiger charge is 2.04. The first-order valence-electron chi connectivity index (χ1n) is 6.63. The normalized spacial score (nSPS) is 10.9. The van der Waals surface area contributed by atoms with Gasteiger partial charge >= 0.3 is 0 Å². The van der Waals surface area contributed by atoms with Crippen LogP contribution in [0.3, 0.4) is 0 Å². The van der Waals surface area contributed by atoms with Crippen molar-refractivity contribution in [2.24, 2.45) is 4.99 Å². The first-order valence-corrected chi connectivity index (χ1v) is 7.01. The standard InChI is InChI=1S/C18H13ClN2/c19-16-10-8-15(9-11-16)18-17(7-4-12-20-18)21-13-14-5-2-1-3-6-14/h1-13H. The van der Waals surface area contributed by atoms with Crippen LogP contribution in [0, 0.1) is 0 Å². The third kappa shape index (κ3) is 3.36. The van der Waals surface area contributed by atoms with Crippen LogP contribution in [0.2, 0.25) is 5.02 Å². The van der Waals surface area contributed by atoms with E-state index in [2.05, 4.69) is 9.98 Å². The number of aromatic nitrogens is 1. The lowest BCUT2D eigenvalue weighted by Gasteiger charge is -2.04. The molecule has 0 radical (unpaired) electrons. The van der Waals surface area contributed by atoms with Gasteiger partial charge in [-0.15, -0.1) is 0 Å². The molecule has 2 aromatic carbocycles. The van der Waals surface area contributed by atoms with E-state index in [-0.39, 0.29) is 0 Å². The van der Waals surface area contributed by atoms with Gasteiger partial charge < -0.3 is 0 Å². The summed E-state index contributed by atoms with van der Waals surface area (Å²) in [7, 11) is 0. The molecule has 3 heteroatoms. The van der Waals surface area contributed by atoms with E-state index in [1.807, 2.05) is 72.9 Å². The van der Waals surface area contributed by atoms with Crippen LogP contribution in [0.1, 0.15) is 5.56 Å². The monoisotopic (exact) mass is 292 g/mol. The summed E-state index contributed by atoms with van der Waals surface area (Å²) in [6.07, 6.45) is 3.61. The summed E-state index contributed by atoms with van der Waals surface area (Å²) in [6, 6.07) is 21.5. The van der Waals surface area contributed by atoms with Crippen LogP contribution in [0.5, 0.6) is 0 Å². The zero-order valence-electron chi connectivity index (χ0n) is 11.3. The number of pyridine rings is 1. The predicted molar refractivity (Wildman–Crippen MR) is 88.4 cm³/mol. The fourth-order valence-electron chi connectivity index (χ4n) is 2.01. The first kappa shape index (κ1) is 13.5. The quantitative estimate of drug-likeness (QED) is 0.613. The van der Waals surface area contributed by atoms with E-state index < -0.39 is 0 Å². The molecule has 0 atom stereocenters. The molecule has 21 heavy (non-hydrogen) atoms. The van der Waals surface area contributed by atoms with Gasteiger partial charge in [0.2, 0.25) is 0 Å². The molecule has 0 unspecified atom stereocenters. The predicted octanol–water partition coefficient (Wildman–Crippen LogP) is 5.15. The number of halogens is 1. The Morgan fingerprint density at radius 2 is 1.62 bits per heavy atom. The molecule has 0 N–H and O–H groups in total. The van der Waals surface area contributed by atoms with Crippen molar-refractivity contribution in [1.29, 1.82) is 0 Å². The highest BCUT2D eigenvalue weighted by Crippen LogP contribution is 2.28. The lowest BCUT2D eigenvalue weighted by Crippen LogP contribution is -1.85. The molecule has 3 aromatic rings. The fraction of sp³-hybridized carbons (Fsp3) is 0. The third-order valence-electron chi connectivity index (χ3n) is 3.06. The Morgan fingerprint density at radius 3 is 2.38 bits per heavy atom. The van der Waals surface area contributed by atoms with E-state index in [4.69, 9.17) is 11.6 Å². The Morgan fingerprint density at radius 1 is 0.857 bits per heavy atom. The molecule has 102 valence electrons. The van der Waals surface area contributed by atoms with Gasteiger partial charge in [-0.25, -0.2) is 0 Å². The van der Waals surface area contributed by atoms with Crippen molar-refractivity contribution in [2.45, 2.75) is 0 Å². The SMILES string of the molecule is Clc1ccc(-c2ncccc2N=Cc2ccccc2)cc1. The molecule has 1 aromatic heterocycles. The minimum Gasteiger partial charge on any atom is -0.254 e. The van der Waals surface area contributed by atoms with Crippen LogP contribution in [-0.2, 0) is 0 Å². The number of aliphatic imine (C=N–C) groups is 1. The average molecular weight is 293 g/mol. The van der Waals surface area contributed by atoms with Crippen molar-refractivity contribution >= 4 is 23.5 Å². The Balaban J connectivity index is 1.96.